The van der Waals surface area contributed by atoms with Gasteiger partial charge >= 0.3 is 0 Å². The van der Waals surface area contributed by atoms with Gasteiger partial charge in [0.1, 0.15) is 5.69 Å². The van der Waals surface area contributed by atoms with Crippen molar-refractivity contribution in [1.82, 2.24) is 9.78 Å². The van der Waals surface area contributed by atoms with Crippen LogP contribution in [-0.4, -0.2) is 14.9 Å². The Morgan fingerprint density at radius 2 is 2.27 bits per heavy atom. The lowest BCUT2D eigenvalue weighted by Gasteiger charge is -1.87. The molecule has 3 nitrogen and oxygen atoms in total. The zero-order valence-corrected chi connectivity index (χ0v) is 6.63. The van der Waals surface area contributed by atoms with Gasteiger partial charge in [-0.25, -0.2) is 4.68 Å². The summed E-state index contributed by atoms with van der Waals surface area (Å²) in [5.41, 5.74) is 0.340. The van der Waals surface area contributed by atoms with Gasteiger partial charge in [-0.3, -0.25) is 0 Å². The molecule has 0 saturated heterocycles. The highest BCUT2D eigenvalue weighted by atomic mass is 19.1. The molecular formula is C7H11FN2O. The molecule has 0 aliphatic rings. The van der Waals surface area contributed by atoms with Gasteiger partial charge in [0.05, 0.1) is 0 Å². The second-order valence-electron chi connectivity index (χ2n) is 2.46. The smallest absolute Gasteiger partial charge is 0.246 e. The van der Waals surface area contributed by atoms with E-state index in [1.54, 1.807) is 0 Å². The van der Waals surface area contributed by atoms with Crippen molar-refractivity contribution in [2.45, 2.75) is 19.8 Å². The van der Waals surface area contributed by atoms with Crippen LogP contribution in [0.1, 0.15) is 19.0 Å². The molecule has 0 aliphatic heterocycles. The Labute approximate surface area is 64.5 Å². The van der Waals surface area contributed by atoms with Gasteiger partial charge in [0, 0.05) is 7.05 Å². The fourth-order valence-electron chi connectivity index (χ4n) is 0.940. The average Bonchev–Trinajstić information content (AvgIpc) is 2.19. The number of hydrogen-bond acceptors (Lipinski definition) is 2. The molecule has 0 aromatic carbocycles. The predicted molar refractivity (Wildman–Crippen MR) is 38.8 cm³/mol. The van der Waals surface area contributed by atoms with Gasteiger partial charge in [-0.1, -0.05) is 13.3 Å². The maximum Gasteiger partial charge on any atom is 0.246 e. The summed E-state index contributed by atoms with van der Waals surface area (Å²) in [6.07, 6.45) is 1.40. The lowest BCUT2D eigenvalue weighted by Crippen LogP contribution is -1.91. The highest BCUT2D eigenvalue weighted by Gasteiger charge is 2.13. The van der Waals surface area contributed by atoms with Crippen molar-refractivity contribution < 1.29 is 9.50 Å². The molecule has 0 aliphatic carbocycles. The third-order valence-corrected chi connectivity index (χ3v) is 1.51. The molecule has 11 heavy (non-hydrogen) atoms. The lowest BCUT2D eigenvalue weighted by molar-refractivity contribution is 0.389. The van der Waals surface area contributed by atoms with Crippen LogP contribution in [0.15, 0.2) is 0 Å². The van der Waals surface area contributed by atoms with E-state index in [2.05, 4.69) is 5.10 Å². The van der Waals surface area contributed by atoms with E-state index in [1.165, 1.54) is 7.05 Å². The molecule has 0 radical (unpaired) electrons. The summed E-state index contributed by atoms with van der Waals surface area (Å²) in [5.74, 6) is -0.970. The van der Waals surface area contributed by atoms with E-state index >= 15 is 0 Å². The Morgan fingerprint density at radius 3 is 2.64 bits per heavy atom. The third kappa shape index (κ3) is 1.34. The largest absolute Gasteiger partial charge is 0.491 e. The minimum absolute atomic E-state index is 0.340. The molecule has 0 atom stereocenters. The summed E-state index contributed by atoms with van der Waals surface area (Å²) in [6.45, 7) is 1.94. The van der Waals surface area contributed by atoms with Crippen LogP contribution in [0.4, 0.5) is 4.39 Å². The Bertz CT molecular complexity index is 257. The number of halogens is 1. The number of hydrogen-bond donors (Lipinski definition) is 1. The molecule has 1 aromatic rings. The van der Waals surface area contributed by atoms with Crippen LogP contribution in [0.25, 0.3) is 0 Å². The molecule has 1 rings (SSSR count). The number of aromatic hydroxyl groups is 1. The van der Waals surface area contributed by atoms with E-state index in [4.69, 9.17) is 5.11 Å². The number of nitrogens with zero attached hydrogens (tertiary/aromatic N) is 2. The fraction of sp³-hybridized carbons (Fsp3) is 0.571. The Morgan fingerprint density at radius 1 is 1.64 bits per heavy atom. The van der Waals surface area contributed by atoms with Crippen LogP contribution < -0.4 is 0 Å². The molecule has 1 aromatic heterocycles. The molecule has 0 amide bonds. The highest BCUT2D eigenvalue weighted by Crippen LogP contribution is 2.18. The summed E-state index contributed by atoms with van der Waals surface area (Å²) in [6, 6.07) is 0. The van der Waals surface area contributed by atoms with Crippen LogP contribution >= 0.6 is 0 Å². The predicted octanol–water partition coefficient (Wildman–Crippen LogP) is 1.22. The second kappa shape index (κ2) is 2.90. The van der Waals surface area contributed by atoms with E-state index in [1.807, 2.05) is 6.92 Å². The third-order valence-electron chi connectivity index (χ3n) is 1.51. The van der Waals surface area contributed by atoms with Crippen LogP contribution in [0.2, 0.25) is 0 Å². The van der Waals surface area contributed by atoms with Crippen molar-refractivity contribution in [3.8, 4) is 5.88 Å². The van der Waals surface area contributed by atoms with Crippen molar-refractivity contribution >= 4 is 0 Å². The van der Waals surface area contributed by atoms with Gasteiger partial charge in [-0.15, -0.1) is 0 Å². The van der Waals surface area contributed by atoms with Crippen LogP contribution in [0.5, 0.6) is 5.88 Å². The van der Waals surface area contributed by atoms with E-state index < -0.39 is 5.82 Å². The van der Waals surface area contributed by atoms with Gasteiger partial charge in [0.25, 0.3) is 0 Å². The maximum atomic E-state index is 12.9. The van der Waals surface area contributed by atoms with E-state index in [0.29, 0.717) is 12.1 Å². The lowest BCUT2D eigenvalue weighted by atomic mass is 10.2. The summed E-state index contributed by atoms with van der Waals surface area (Å²) < 4.78 is 14.0. The minimum Gasteiger partial charge on any atom is -0.491 e. The SMILES string of the molecule is CCCc1nn(C)c(O)c1F. The van der Waals surface area contributed by atoms with Gasteiger partial charge < -0.3 is 5.11 Å². The molecule has 0 spiro atoms. The first-order valence-electron chi connectivity index (χ1n) is 3.57. The first-order chi connectivity index (χ1) is 5.16. The van der Waals surface area contributed by atoms with E-state index in [0.717, 1.165) is 11.1 Å². The molecule has 0 bridgehead atoms. The molecule has 62 valence electrons. The normalized spacial score (nSPS) is 10.5. The summed E-state index contributed by atoms with van der Waals surface area (Å²) >= 11 is 0. The van der Waals surface area contributed by atoms with Gasteiger partial charge in [-0.05, 0) is 6.42 Å². The first-order valence-corrected chi connectivity index (χ1v) is 3.57. The van der Waals surface area contributed by atoms with E-state index in [-0.39, 0.29) is 5.88 Å². The number of rotatable bonds is 2. The standard InChI is InChI=1S/C7H11FN2O/c1-3-4-5-6(8)7(11)10(2)9-5/h11H,3-4H2,1-2H3. The quantitative estimate of drug-likeness (QED) is 0.702. The Kier molecular flexibility index (Phi) is 2.12. The van der Waals surface area contributed by atoms with Crippen molar-refractivity contribution in [3.63, 3.8) is 0 Å². The van der Waals surface area contributed by atoms with E-state index in [9.17, 15) is 4.39 Å². The zero-order valence-electron chi connectivity index (χ0n) is 6.63. The molecule has 1 N–H and O–H groups in total. The molecule has 0 saturated carbocycles. The molecule has 4 heteroatoms. The second-order valence-corrected chi connectivity index (χ2v) is 2.46. The van der Waals surface area contributed by atoms with Crippen LogP contribution in [-0.2, 0) is 13.5 Å². The van der Waals surface area contributed by atoms with Gasteiger partial charge in [0.2, 0.25) is 11.7 Å². The highest BCUT2D eigenvalue weighted by molar-refractivity contribution is 5.17. The van der Waals surface area contributed by atoms with Gasteiger partial charge in [0.15, 0.2) is 0 Å². The maximum absolute atomic E-state index is 12.9. The van der Waals surface area contributed by atoms with Crippen LogP contribution in [0, 0.1) is 5.82 Å². The molecule has 0 fully saturated rings. The van der Waals surface area contributed by atoms with Gasteiger partial charge in [-0.2, -0.15) is 9.49 Å². The topological polar surface area (TPSA) is 38.0 Å². The molecule has 1 heterocycles. The first kappa shape index (κ1) is 8.04. The molecular weight excluding hydrogens is 147 g/mol. The van der Waals surface area contributed by atoms with Crippen molar-refractivity contribution in [2.24, 2.45) is 7.05 Å². The monoisotopic (exact) mass is 158 g/mol. The summed E-state index contributed by atoms with van der Waals surface area (Å²) in [7, 11) is 1.51. The van der Waals surface area contributed by atoms with Crippen molar-refractivity contribution in [3.05, 3.63) is 11.5 Å². The fourth-order valence-corrected chi connectivity index (χ4v) is 0.940. The Hall–Kier alpha value is -1.06. The minimum atomic E-state index is -0.589. The summed E-state index contributed by atoms with van der Waals surface area (Å²) in [5, 5.41) is 12.8. The number of aromatic nitrogens is 2. The van der Waals surface area contributed by atoms with Crippen molar-refractivity contribution in [2.75, 3.05) is 0 Å². The van der Waals surface area contributed by atoms with Crippen LogP contribution in [0.3, 0.4) is 0 Å². The zero-order chi connectivity index (χ0) is 8.43. The Balaban J connectivity index is 2.98. The molecule has 0 unspecified atom stereocenters. The number of aryl methyl sites for hydroxylation is 2. The van der Waals surface area contributed by atoms with Crippen molar-refractivity contribution in [1.29, 1.82) is 0 Å². The average molecular weight is 158 g/mol. The summed E-state index contributed by atoms with van der Waals surface area (Å²) in [4.78, 5) is 0.